The topological polar surface area (TPSA) is 55.6 Å². The number of esters is 1. The number of fused-ring (bicyclic) bond motifs is 2. The molecule has 0 radical (unpaired) electrons. The van der Waals surface area contributed by atoms with Gasteiger partial charge in [-0.15, -0.1) is 0 Å². The molecule has 0 aromatic rings. The van der Waals surface area contributed by atoms with E-state index in [4.69, 9.17) is 10.5 Å². The lowest BCUT2D eigenvalue weighted by Crippen LogP contribution is -2.66. The van der Waals surface area contributed by atoms with Gasteiger partial charge in [0, 0.05) is 12.1 Å². The van der Waals surface area contributed by atoms with Crippen molar-refractivity contribution in [3.05, 3.63) is 0 Å². The molecule has 0 unspecified atom stereocenters. The van der Waals surface area contributed by atoms with E-state index in [2.05, 4.69) is 39.5 Å². The van der Waals surface area contributed by atoms with Gasteiger partial charge in [0.05, 0.1) is 12.5 Å². The van der Waals surface area contributed by atoms with Crippen molar-refractivity contribution >= 4 is 5.97 Å². The van der Waals surface area contributed by atoms with Gasteiger partial charge in [0.15, 0.2) is 0 Å². The number of rotatable bonds is 7. The maximum atomic E-state index is 12.8. The van der Waals surface area contributed by atoms with Gasteiger partial charge in [-0.25, -0.2) is 0 Å². The van der Waals surface area contributed by atoms with Gasteiger partial charge in [-0.2, -0.15) is 0 Å². The fourth-order valence-corrected chi connectivity index (χ4v) is 6.07. The second-order valence-corrected chi connectivity index (χ2v) is 8.13. The standard InChI is InChI=1S/C19H36N2O2/c1-7-21(8-2)19(15(13-20)16(22)23-9-3)12-14-10-11-18(19,6)17(14,4)5/h14-15H,7-13,20H2,1-6H3/t14-,15-,18+,19-/m0/s1. The summed E-state index contributed by atoms with van der Waals surface area (Å²) >= 11 is 0. The smallest absolute Gasteiger partial charge is 0.312 e. The first kappa shape index (κ1) is 18.7. The minimum Gasteiger partial charge on any atom is -0.466 e. The number of carbonyl (C=O) groups is 1. The predicted molar refractivity (Wildman–Crippen MR) is 94.1 cm³/mol. The maximum absolute atomic E-state index is 12.8. The molecule has 0 spiro atoms. The van der Waals surface area contributed by atoms with E-state index in [-0.39, 0.29) is 28.3 Å². The number of nitrogens with two attached hydrogens (primary N) is 1. The molecule has 2 aliphatic carbocycles. The van der Waals surface area contributed by atoms with Crippen LogP contribution in [0.5, 0.6) is 0 Å². The quantitative estimate of drug-likeness (QED) is 0.731. The van der Waals surface area contributed by atoms with Crippen molar-refractivity contribution in [3.8, 4) is 0 Å². The zero-order chi connectivity index (χ0) is 17.5. The minimum absolute atomic E-state index is 0.0908. The van der Waals surface area contributed by atoms with Crippen LogP contribution in [0.2, 0.25) is 0 Å². The summed E-state index contributed by atoms with van der Waals surface area (Å²) in [4.78, 5) is 15.3. The van der Waals surface area contributed by atoms with Crippen LogP contribution in [0, 0.1) is 22.7 Å². The van der Waals surface area contributed by atoms with Gasteiger partial charge in [-0.1, -0.05) is 34.6 Å². The van der Waals surface area contributed by atoms with Crippen LogP contribution >= 0.6 is 0 Å². The molecule has 2 N–H and O–H groups in total. The van der Waals surface area contributed by atoms with E-state index in [0.29, 0.717) is 19.1 Å². The average molecular weight is 325 g/mol. The van der Waals surface area contributed by atoms with Gasteiger partial charge in [0.2, 0.25) is 0 Å². The highest BCUT2D eigenvalue weighted by Gasteiger charge is 2.72. The van der Waals surface area contributed by atoms with E-state index in [1.54, 1.807) is 0 Å². The molecular formula is C19H36N2O2. The van der Waals surface area contributed by atoms with Crippen LogP contribution in [0.3, 0.4) is 0 Å². The van der Waals surface area contributed by atoms with Gasteiger partial charge in [-0.3, -0.25) is 9.69 Å². The molecule has 0 aromatic carbocycles. The summed E-state index contributed by atoms with van der Waals surface area (Å²) in [6.07, 6.45) is 3.52. The summed E-state index contributed by atoms with van der Waals surface area (Å²) in [6, 6.07) is 0. The molecule has 2 saturated carbocycles. The van der Waals surface area contributed by atoms with Gasteiger partial charge in [-0.05, 0) is 56.0 Å². The third-order valence-electron chi connectivity index (χ3n) is 7.66. The fourth-order valence-electron chi connectivity index (χ4n) is 6.07. The molecule has 2 rings (SSSR count). The van der Waals surface area contributed by atoms with E-state index in [1.807, 2.05) is 6.92 Å². The summed E-state index contributed by atoms with van der Waals surface area (Å²) < 4.78 is 5.45. The SMILES string of the molecule is CCOC(=O)[C@H](CN)[C@@]1(N(CC)CC)C[C@@H]2CC[C@]1(C)C2(C)C. The molecule has 4 nitrogen and oxygen atoms in total. The van der Waals surface area contributed by atoms with Crippen molar-refractivity contribution in [1.29, 1.82) is 0 Å². The lowest BCUT2D eigenvalue weighted by Gasteiger charge is -2.57. The minimum atomic E-state index is -0.239. The van der Waals surface area contributed by atoms with Crippen LogP contribution < -0.4 is 5.73 Å². The second kappa shape index (κ2) is 6.36. The largest absolute Gasteiger partial charge is 0.466 e. The van der Waals surface area contributed by atoms with Crippen LogP contribution in [0.4, 0.5) is 0 Å². The number of carbonyl (C=O) groups excluding carboxylic acids is 1. The van der Waals surface area contributed by atoms with E-state index in [1.165, 1.54) is 12.8 Å². The Morgan fingerprint density at radius 2 is 1.87 bits per heavy atom. The van der Waals surface area contributed by atoms with Crippen LogP contribution in [-0.4, -0.2) is 42.6 Å². The highest BCUT2D eigenvalue weighted by molar-refractivity contribution is 5.75. The highest BCUT2D eigenvalue weighted by Crippen LogP contribution is 2.72. The molecule has 134 valence electrons. The molecule has 23 heavy (non-hydrogen) atoms. The van der Waals surface area contributed by atoms with Crippen molar-refractivity contribution in [2.75, 3.05) is 26.2 Å². The highest BCUT2D eigenvalue weighted by atomic mass is 16.5. The van der Waals surface area contributed by atoms with Crippen molar-refractivity contribution < 1.29 is 9.53 Å². The van der Waals surface area contributed by atoms with E-state index in [0.717, 1.165) is 19.5 Å². The van der Waals surface area contributed by atoms with Crippen LogP contribution in [0.25, 0.3) is 0 Å². The summed E-state index contributed by atoms with van der Waals surface area (Å²) in [6.45, 7) is 16.2. The molecular weight excluding hydrogens is 288 g/mol. The summed E-state index contributed by atoms with van der Waals surface area (Å²) in [5.74, 6) is 0.319. The van der Waals surface area contributed by atoms with Crippen LogP contribution in [0.15, 0.2) is 0 Å². The summed E-state index contributed by atoms with van der Waals surface area (Å²) in [5.41, 5.74) is 6.31. The Morgan fingerprint density at radius 1 is 1.26 bits per heavy atom. The molecule has 2 aliphatic rings. The van der Waals surface area contributed by atoms with Crippen LogP contribution in [-0.2, 0) is 9.53 Å². The van der Waals surface area contributed by atoms with Crippen molar-refractivity contribution in [2.45, 2.75) is 66.3 Å². The molecule has 0 saturated heterocycles. The average Bonchev–Trinajstić information content (AvgIpc) is 2.82. The number of hydrogen-bond donors (Lipinski definition) is 1. The lowest BCUT2D eigenvalue weighted by molar-refractivity contribution is -0.162. The lowest BCUT2D eigenvalue weighted by atomic mass is 9.57. The fraction of sp³-hybridized carbons (Fsp3) is 0.947. The molecule has 0 amide bonds. The first-order valence-electron chi connectivity index (χ1n) is 9.38. The molecule has 2 bridgehead atoms. The molecule has 2 fully saturated rings. The zero-order valence-electron chi connectivity index (χ0n) is 15.9. The summed E-state index contributed by atoms with van der Waals surface area (Å²) in [5, 5.41) is 0. The maximum Gasteiger partial charge on any atom is 0.312 e. The Balaban J connectivity index is 2.57. The molecule has 4 heteroatoms. The zero-order valence-corrected chi connectivity index (χ0v) is 15.9. The Labute approximate surface area is 142 Å². The predicted octanol–water partition coefficient (Wildman–Crippen LogP) is 3.05. The molecule has 4 atom stereocenters. The van der Waals surface area contributed by atoms with E-state index in [9.17, 15) is 4.79 Å². The Hall–Kier alpha value is -0.610. The van der Waals surface area contributed by atoms with Gasteiger partial charge in [0.1, 0.15) is 0 Å². The Morgan fingerprint density at radius 3 is 2.22 bits per heavy atom. The number of nitrogens with zero attached hydrogens (tertiary/aromatic N) is 1. The van der Waals surface area contributed by atoms with Gasteiger partial charge >= 0.3 is 5.97 Å². The Bertz CT molecular complexity index is 447. The second-order valence-electron chi connectivity index (χ2n) is 8.13. The number of ether oxygens (including phenoxy) is 1. The monoisotopic (exact) mass is 324 g/mol. The Kier molecular flexibility index (Phi) is 5.18. The van der Waals surface area contributed by atoms with E-state index >= 15 is 0 Å². The molecule has 0 heterocycles. The third-order valence-corrected chi connectivity index (χ3v) is 7.66. The van der Waals surface area contributed by atoms with Crippen molar-refractivity contribution in [2.24, 2.45) is 28.4 Å². The first-order chi connectivity index (χ1) is 10.8. The van der Waals surface area contributed by atoms with Crippen molar-refractivity contribution in [3.63, 3.8) is 0 Å². The van der Waals surface area contributed by atoms with E-state index < -0.39 is 0 Å². The number of hydrogen-bond acceptors (Lipinski definition) is 4. The summed E-state index contributed by atoms with van der Waals surface area (Å²) in [7, 11) is 0. The van der Waals surface area contributed by atoms with Crippen molar-refractivity contribution in [1.82, 2.24) is 4.90 Å². The first-order valence-corrected chi connectivity index (χ1v) is 9.38. The van der Waals surface area contributed by atoms with Crippen LogP contribution in [0.1, 0.15) is 60.8 Å². The normalized spacial score (nSPS) is 36.4. The molecule has 0 aliphatic heterocycles. The van der Waals surface area contributed by atoms with Gasteiger partial charge in [0.25, 0.3) is 0 Å². The molecule has 0 aromatic heterocycles. The third kappa shape index (κ3) is 2.28. The van der Waals surface area contributed by atoms with Gasteiger partial charge < -0.3 is 10.5 Å².